The zero-order chi connectivity index (χ0) is 18.4. The number of nitrogen functional groups attached to an aromatic ring is 1. The van der Waals surface area contributed by atoms with E-state index in [1.807, 2.05) is 18.2 Å². The second kappa shape index (κ2) is 5.73. The standard InChI is InChI=1S/C17H12N8O2/c18-17-24-23-16(27-17)8-2-1-3-9(6-8)19-7-10-13-11(20-15(10)26)4-5-12-14(13)22-25-21-12/h1-7,10H,(H2,18,24)(H,20,26)(H,21,22,25). The van der Waals surface area contributed by atoms with Gasteiger partial charge in [-0.05, 0) is 30.3 Å². The molecule has 0 spiro atoms. The number of anilines is 2. The Morgan fingerprint density at radius 3 is 2.96 bits per heavy atom. The lowest BCUT2D eigenvalue weighted by Crippen LogP contribution is -2.13. The number of amides is 1. The van der Waals surface area contributed by atoms with Crippen LogP contribution in [0.3, 0.4) is 0 Å². The minimum Gasteiger partial charge on any atom is -0.404 e. The van der Waals surface area contributed by atoms with Crippen LogP contribution >= 0.6 is 0 Å². The molecule has 0 saturated heterocycles. The van der Waals surface area contributed by atoms with Crippen LogP contribution in [0.15, 0.2) is 45.8 Å². The average Bonchev–Trinajstić information content (AvgIpc) is 3.38. The van der Waals surface area contributed by atoms with E-state index in [2.05, 4.69) is 35.9 Å². The van der Waals surface area contributed by atoms with Crippen LogP contribution in [0.25, 0.3) is 22.5 Å². The van der Waals surface area contributed by atoms with Gasteiger partial charge in [0.2, 0.25) is 11.8 Å². The van der Waals surface area contributed by atoms with E-state index >= 15 is 0 Å². The molecule has 0 fully saturated rings. The number of rotatable bonds is 3. The highest BCUT2D eigenvalue weighted by atomic mass is 16.4. The summed E-state index contributed by atoms with van der Waals surface area (Å²) in [4.78, 5) is 16.9. The summed E-state index contributed by atoms with van der Waals surface area (Å²) in [6.07, 6.45) is 1.59. The number of benzene rings is 2. The smallest absolute Gasteiger partial charge is 0.313 e. The van der Waals surface area contributed by atoms with Gasteiger partial charge < -0.3 is 15.5 Å². The predicted octanol–water partition coefficient (Wildman–Crippen LogP) is 2.03. The molecular weight excluding hydrogens is 348 g/mol. The SMILES string of the molecule is Nc1nnc(-c2cccc(N=CC3C(=O)Nc4ccc5n[nH]nc5c43)c2)o1. The molecule has 3 heterocycles. The third-order valence-corrected chi connectivity index (χ3v) is 4.29. The number of nitrogens with zero attached hydrogens (tertiary/aromatic N) is 5. The topological polar surface area (TPSA) is 148 Å². The monoisotopic (exact) mass is 360 g/mol. The Balaban J connectivity index is 1.50. The lowest BCUT2D eigenvalue weighted by Gasteiger charge is -2.03. The van der Waals surface area contributed by atoms with Crippen molar-refractivity contribution in [3.05, 3.63) is 42.0 Å². The second-order valence-electron chi connectivity index (χ2n) is 5.96. The molecule has 0 bridgehead atoms. The molecule has 10 nitrogen and oxygen atoms in total. The van der Waals surface area contributed by atoms with Crippen molar-refractivity contribution >= 4 is 40.5 Å². The first-order chi connectivity index (χ1) is 13.2. The Bertz CT molecular complexity index is 1210. The molecule has 1 aliphatic rings. The number of hydrogen-bond donors (Lipinski definition) is 3. The fourth-order valence-electron chi connectivity index (χ4n) is 3.07. The Morgan fingerprint density at radius 2 is 2.11 bits per heavy atom. The summed E-state index contributed by atoms with van der Waals surface area (Å²) in [6.45, 7) is 0. The molecule has 1 atom stereocenters. The number of aliphatic imine (C=N–C) groups is 1. The summed E-state index contributed by atoms with van der Waals surface area (Å²) in [5.41, 5.74) is 9.61. The van der Waals surface area contributed by atoms with Crippen molar-refractivity contribution < 1.29 is 9.21 Å². The van der Waals surface area contributed by atoms with E-state index in [1.54, 1.807) is 24.4 Å². The van der Waals surface area contributed by atoms with Crippen molar-refractivity contribution in [1.29, 1.82) is 0 Å². The maximum absolute atomic E-state index is 12.4. The number of carbonyl (C=O) groups excluding carboxylic acids is 1. The first-order valence-electron chi connectivity index (χ1n) is 8.07. The summed E-state index contributed by atoms with van der Waals surface area (Å²) >= 11 is 0. The number of nitrogens with two attached hydrogens (primary N) is 1. The third kappa shape index (κ3) is 2.51. The molecule has 0 saturated carbocycles. The Hall–Kier alpha value is -4.08. The minimum atomic E-state index is -0.559. The van der Waals surface area contributed by atoms with Crippen molar-refractivity contribution in [2.75, 3.05) is 11.1 Å². The van der Waals surface area contributed by atoms with Crippen LogP contribution < -0.4 is 11.1 Å². The number of H-pyrrole nitrogens is 1. The van der Waals surface area contributed by atoms with Crippen molar-refractivity contribution in [2.24, 2.45) is 4.99 Å². The Labute approximate surface area is 151 Å². The molecule has 1 amide bonds. The molecule has 27 heavy (non-hydrogen) atoms. The van der Waals surface area contributed by atoms with E-state index in [1.165, 1.54) is 0 Å². The fraction of sp³-hybridized carbons (Fsp3) is 0.0588. The number of hydrogen-bond acceptors (Lipinski definition) is 8. The van der Waals surface area contributed by atoms with Gasteiger partial charge in [0, 0.05) is 23.0 Å². The largest absolute Gasteiger partial charge is 0.404 e. The van der Waals surface area contributed by atoms with Gasteiger partial charge in [0.15, 0.2) is 0 Å². The summed E-state index contributed by atoms with van der Waals surface area (Å²) in [5, 5.41) is 21.2. The molecule has 2 aromatic heterocycles. The Morgan fingerprint density at radius 1 is 1.19 bits per heavy atom. The number of aromatic nitrogens is 5. The molecule has 2 aromatic carbocycles. The zero-order valence-electron chi connectivity index (χ0n) is 13.7. The summed E-state index contributed by atoms with van der Waals surface area (Å²) in [7, 11) is 0. The van der Waals surface area contributed by atoms with Gasteiger partial charge in [-0.25, -0.2) is 0 Å². The predicted molar refractivity (Wildman–Crippen MR) is 97.6 cm³/mol. The highest BCUT2D eigenvalue weighted by molar-refractivity contribution is 6.15. The maximum Gasteiger partial charge on any atom is 0.313 e. The van der Waals surface area contributed by atoms with Gasteiger partial charge in [-0.15, -0.1) is 5.10 Å². The second-order valence-corrected chi connectivity index (χ2v) is 5.96. The first-order valence-corrected chi connectivity index (χ1v) is 8.07. The molecule has 4 N–H and O–H groups in total. The molecule has 4 aromatic rings. The van der Waals surface area contributed by atoms with Gasteiger partial charge in [-0.2, -0.15) is 15.4 Å². The van der Waals surface area contributed by atoms with Gasteiger partial charge in [-0.1, -0.05) is 11.2 Å². The number of aromatic amines is 1. The van der Waals surface area contributed by atoms with E-state index in [-0.39, 0.29) is 11.9 Å². The van der Waals surface area contributed by atoms with Crippen LogP contribution in [0.4, 0.5) is 17.4 Å². The molecule has 5 rings (SSSR count). The average molecular weight is 360 g/mol. The molecular formula is C17H12N8O2. The first kappa shape index (κ1) is 15.2. The summed E-state index contributed by atoms with van der Waals surface area (Å²) in [6, 6.07) is 10.8. The van der Waals surface area contributed by atoms with Crippen molar-refractivity contribution in [3.63, 3.8) is 0 Å². The van der Waals surface area contributed by atoms with Gasteiger partial charge in [0.1, 0.15) is 17.0 Å². The highest BCUT2D eigenvalue weighted by Crippen LogP contribution is 2.36. The van der Waals surface area contributed by atoms with Crippen molar-refractivity contribution in [3.8, 4) is 11.5 Å². The van der Waals surface area contributed by atoms with E-state index in [0.29, 0.717) is 33.9 Å². The molecule has 132 valence electrons. The molecule has 0 radical (unpaired) electrons. The van der Waals surface area contributed by atoms with Crippen LogP contribution in [0, 0.1) is 0 Å². The summed E-state index contributed by atoms with van der Waals surface area (Å²) in [5.74, 6) is -0.417. The van der Waals surface area contributed by atoms with E-state index in [0.717, 1.165) is 5.56 Å². The van der Waals surface area contributed by atoms with E-state index in [4.69, 9.17) is 10.2 Å². The molecule has 1 aliphatic heterocycles. The van der Waals surface area contributed by atoms with Crippen LogP contribution in [-0.4, -0.2) is 37.7 Å². The Kier molecular flexibility index (Phi) is 3.22. The lowest BCUT2D eigenvalue weighted by molar-refractivity contribution is -0.115. The minimum absolute atomic E-state index is 0.00485. The summed E-state index contributed by atoms with van der Waals surface area (Å²) < 4.78 is 5.23. The molecule has 1 unspecified atom stereocenters. The highest BCUT2D eigenvalue weighted by Gasteiger charge is 2.32. The third-order valence-electron chi connectivity index (χ3n) is 4.29. The normalized spacial score (nSPS) is 16.1. The number of fused-ring (bicyclic) bond motifs is 3. The fourth-order valence-corrected chi connectivity index (χ4v) is 3.07. The van der Waals surface area contributed by atoms with Gasteiger partial charge >= 0.3 is 6.01 Å². The number of carbonyl (C=O) groups is 1. The van der Waals surface area contributed by atoms with Crippen LogP contribution in [0.2, 0.25) is 0 Å². The van der Waals surface area contributed by atoms with Gasteiger partial charge in [-0.3, -0.25) is 9.79 Å². The maximum atomic E-state index is 12.4. The molecule has 10 heteroatoms. The molecule has 0 aliphatic carbocycles. The zero-order valence-corrected chi connectivity index (χ0v) is 13.7. The van der Waals surface area contributed by atoms with Crippen LogP contribution in [0.5, 0.6) is 0 Å². The van der Waals surface area contributed by atoms with E-state index in [9.17, 15) is 4.79 Å². The van der Waals surface area contributed by atoms with Crippen molar-refractivity contribution in [2.45, 2.75) is 5.92 Å². The van der Waals surface area contributed by atoms with Gasteiger partial charge in [0.25, 0.3) is 0 Å². The van der Waals surface area contributed by atoms with Crippen molar-refractivity contribution in [1.82, 2.24) is 25.6 Å². The van der Waals surface area contributed by atoms with Crippen LogP contribution in [0.1, 0.15) is 11.5 Å². The lowest BCUT2D eigenvalue weighted by atomic mass is 10.0. The van der Waals surface area contributed by atoms with Crippen LogP contribution in [-0.2, 0) is 4.79 Å². The van der Waals surface area contributed by atoms with Gasteiger partial charge in [0.05, 0.1) is 5.69 Å². The van der Waals surface area contributed by atoms with E-state index < -0.39 is 5.92 Å². The number of nitrogens with one attached hydrogen (secondary N) is 2. The quantitative estimate of drug-likeness (QED) is 0.473.